The first kappa shape index (κ1) is 20.7. The van der Waals surface area contributed by atoms with Crippen LogP contribution in [0.15, 0.2) is 48.5 Å². The summed E-state index contributed by atoms with van der Waals surface area (Å²) in [6, 6.07) is 14.7. The number of benzene rings is 2. The van der Waals surface area contributed by atoms with Crippen LogP contribution in [0.5, 0.6) is 5.75 Å². The van der Waals surface area contributed by atoms with E-state index in [0.717, 1.165) is 16.7 Å². The average molecular weight is 397 g/mol. The number of hydrogen-bond donors (Lipinski definition) is 2. The van der Waals surface area contributed by atoms with E-state index in [-0.39, 0.29) is 18.2 Å². The van der Waals surface area contributed by atoms with Crippen molar-refractivity contribution in [3.8, 4) is 16.9 Å². The Morgan fingerprint density at radius 1 is 1.07 bits per heavy atom. The lowest BCUT2D eigenvalue weighted by Crippen LogP contribution is -2.47. The lowest BCUT2D eigenvalue weighted by molar-refractivity contribution is -0.144. The van der Waals surface area contributed by atoms with Gasteiger partial charge in [-0.2, -0.15) is 0 Å². The van der Waals surface area contributed by atoms with E-state index >= 15 is 0 Å². The average Bonchev–Trinajstić information content (AvgIpc) is 2.67. The molecule has 2 atom stereocenters. The number of carbonyl (C=O) groups is 2. The zero-order valence-electron chi connectivity index (χ0n) is 17.0. The van der Waals surface area contributed by atoms with Gasteiger partial charge < -0.3 is 19.8 Å². The first-order valence-electron chi connectivity index (χ1n) is 9.74. The second kappa shape index (κ2) is 8.15. The summed E-state index contributed by atoms with van der Waals surface area (Å²) in [7, 11) is 0. The SMILES string of the molecule is CC(C)(C)OC(=O)N1CC[C@H](c2cccc(-c3ccc(O)cc3)c2)[C@@H](C(=O)O)C1. The highest BCUT2D eigenvalue weighted by Gasteiger charge is 2.38. The van der Waals surface area contributed by atoms with Crippen molar-refractivity contribution < 1.29 is 24.5 Å². The Balaban J connectivity index is 1.82. The number of carboxylic acid groups (broad SMARTS) is 1. The van der Waals surface area contributed by atoms with Crippen LogP contribution in [0.2, 0.25) is 0 Å². The van der Waals surface area contributed by atoms with E-state index in [1.54, 1.807) is 32.9 Å². The van der Waals surface area contributed by atoms with Gasteiger partial charge in [0.05, 0.1) is 5.92 Å². The lowest BCUT2D eigenvalue weighted by Gasteiger charge is -2.37. The molecule has 1 aliphatic heterocycles. The van der Waals surface area contributed by atoms with Gasteiger partial charge in [0.25, 0.3) is 0 Å². The second-order valence-corrected chi connectivity index (χ2v) is 8.44. The molecule has 29 heavy (non-hydrogen) atoms. The minimum absolute atomic E-state index is 0.123. The summed E-state index contributed by atoms with van der Waals surface area (Å²) in [5.74, 6) is -1.61. The number of piperidine rings is 1. The standard InChI is InChI=1S/C23H27NO5/c1-23(2,3)29-22(28)24-12-11-19(20(14-24)21(26)27)17-6-4-5-16(13-17)15-7-9-18(25)10-8-15/h4-10,13,19-20,25H,11-12,14H2,1-3H3,(H,26,27)/t19-,20+/m1/s1. The molecule has 0 spiro atoms. The van der Waals surface area contributed by atoms with Crippen molar-refractivity contribution in [3.05, 3.63) is 54.1 Å². The number of amides is 1. The summed E-state index contributed by atoms with van der Waals surface area (Å²) >= 11 is 0. The number of phenols is 1. The van der Waals surface area contributed by atoms with Gasteiger partial charge in [0.2, 0.25) is 0 Å². The molecule has 0 radical (unpaired) electrons. The number of hydrogen-bond acceptors (Lipinski definition) is 4. The first-order valence-corrected chi connectivity index (χ1v) is 9.74. The molecule has 1 amide bonds. The molecule has 0 aromatic heterocycles. The molecule has 2 N–H and O–H groups in total. The molecular formula is C23H27NO5. The summed E-state index contributed by atoms with van der Waals surface area (Å²) in [5.41, 5.74) is 2.22. The monoisotopic (exact) mass is 397 g/mol. The van der Waals surface area contributed by atoms with Crippen LogP contribution >= 0.6 is 0 Å². The molecule has 3 rings (SSSR count). The first-order chi connectivity index (χ1) is 13.6. The highest BCUT2D eigenvalue weighted by Crippen LogP contribution is 2.36. The summed E-state index contributed by atoms with van der Waals surface area (Å²) < 4.78 is 5.41. The zero-order chi connectivity index (χ0) is 21.2. The van der Waals surface area contributed by atoms with Gasteiger partial charge in [0.15, 0.2) is 0 Å². The van der Waals surface area contributed by atoms with Crippen molar-refractivity contribution in [2.24, 2.45) is 5.92 Å². The van der Waals surface area contributed by atoms with Crippen LogP contribution in [0.25, 0.3) is 11.1 Å². The molecule has 0 saturated carbocycles. The molecule has 1 saturated heterocycles. The minimum Gasteiger partial charge on any atom is -0.508 e. The molecule has 154 valence electrons. The maximum absolute atomic E-state index is 12.4. The van der Waals surface area contributed by atoms with Crippen molar-refractivity contribution >= 4 is 12.1 Å². The maximum atomic E-state index is 12.4. The fraction of sp³-hybridized carbons (Fsp3) is 0.391. The van der Waals surface area contributed by atoms with Gasteiger partial charge in [-0.1, -0.05) is 36.4 Å². The maximum Gasteiger partial charge on any atom is 0.410 e. The van der Waals surface area contributed by atoms with E-state index in [1.165, 1.54) is 4.90 Å². The summed E-state index contributed by atoms with van der Waals surface area (Å²) in [5, 5.41) is 19.3. The summed E-state index contributed by atoms with van der Waals surface area (Å²) in [4.78, 5) is 25.8. The fourth-order valence-corrected chi connectivity index (χ4v) is 3.70. The Morgan fingerprint density at radius 3 is 2.38 bits per heavy atom. The molecular weight excluding hydrogens is 370 g/mol. The minimum atomic E-state index is -0.918. The van der Waals surface area contributed by atoms with E-state index in [9.17, 15) is 19.8 Å². The van der Waals surface area contributed by atoms with Gasteiger partial charge in [-0.05, 0) is 56.0 Å². The van der Waals surface area contributed by atoms with Crippen LogP contribution in [0.3, 0.4) is 0 Å². The summed E-state index contributed by atoms with van der Waals surface area (Å²) in [6.45, 7) is 5.95. The van der Waals surface area contributed by atoms with Crippen molar-refractivity contribution in [3.63, 3.8) is 0 Å². The van der Waals surface area contributed by atoms with Gasteiger partial charge in [-0.15, -0.1) is 0 Å². The Labute approximate surface area is 170 Å². The third-order valence-corrected chi connectivity index (χ3v) is 5.10. The van der Waals surface area contributed by atoms with Crippen molar-refractivity contribution in [1.29, 1.82) is 0 Å². The molecule has 2 aromatic carbocycles. The number of carboxylic acids is 1. The molecule has 0 unspecified atom stereocenters. The van der Waals surface area contributed by atoms with Crippen LogP contribution in [-0.2, 0) is 9.53 Å². The highest BCUT2D eigenvalue weighted by atomic mass is 16.6. The highest BCUT2D eigenvalue weighted by molar-refractivity contribution is 5.75. The molecule has 6 heteroatoms. The van der Waals surface area contributed by atoms with E-state index in [4.69, 9.17) is 4.74 Å². The van der Waals surface area contributed by atoms with Crippen LogP contribution in [0.4, 0.5) is 4.79 Å². The molecule has 0 bridgehead atoms. The number of carbonyl (C=O) groups excluding carboxylic acids is 1. The van der Waals surface area contributed by atoms with Gasteiger partial charge >= 0.3 is 12.1 Å². The number of ether oxygens (including phenoxy) is 1. The number of aromatic hydroxyl groups is 1. The Hall–Kier alpha value is -3.02. The molecule has 1 fully saturated rings. The van der Waals surface area contributed by atoms with Gasteiger partial charge in [-0.25, -0.2) is 4.79 Å². The number of nitrogens with zero attached hydrogens (tertiary/aromatic N) is 1. The molecule has 6 nitrogen and oxygen atoms in total. The van der Waals surface area contributed by atoms with Crippen LogP contribution in [0, 0.1) is 5.92 Å². The van der Waals surface area contributed by atoms with E-state index < -0.39 is 23.6 Å². The number of phenolic OH excluding ortho intramolecular Hbond substituents is 1. The molecule has 1 heterocycles. The number of rotatable bonds is 3. The van der Waals surface area contributed by atoms with Crippen LogP contribution < -0.4 is 0 Å². The number of aliphatic carboxylic acids is 1. The van der Waals surface area contributed by atoms with Gasteiger partial charge in [0, 0.05) is 19.0 Å². The normalized spacial score (nSPS) is 19.6. The van der Waals surface area contributed by atoms with Crippen LogP contribution in [0.1, 0.15) is 38.7 Å². The van der Waals surface area contributed by atoms with Gasteiger partial charge in [-0.3, -0.25) is 4.79 Å². The van der Waals surface area contributed by atoms with E-state index in [2.05, 4.69) is 0 Å². The largest absolute Gasteiger partial charge is 0.508 e. The van der Waals surface area contributed by atoms with Crippen LogP contribution in [-0.4, -0.2) is 45.9 Å². The third-order valence-electron chi connectivity index (χ3n) is 5.10. The fourth-order valence-electron chi connectivity index (χ4n) is 3.70. The third kappa shape index (κ3) is 5.08. The second-order valence-electron chi connectivity index (χ2n) is 8.44. The van der Waals surface area contributed by atoms with Gasteiger partial charge in [0.1, 0.15) is 11.4 Å². The Morgan fingerprint density at radius 2 is 1.76 bits per heavy atom. The topological polar surface area (TPSA) is 87.1 Å². The van der Waals surface area contributed by atoms with Crippen molar-refractivity contribution in [2.45, 2.75) is 38.7 Å². The Kier molecular flexibility index (Phi) is 5.82. The summed E-state index contributed by atoms with van der Waals surface area (Å²) in [6.07, 6.45) is 0.0787. The predicted octanol–water partition coefficient (Wildman–Crippen LogP) is 4.48. The van der Waals surface area contributed by atoms with E-state index in [0.29, 0.717) is 13.0 Å². The smallest absolute Gasteiger partial charge is 0.410 e. The molecule has 0 aliphatic carbocycles. The molecule has 2 aromatic rings. The Bertz CT molecular complexity index is 885. The zero-order valence-corrected chi connectivity index (χ0v) is 17.0. The predicted molar refractivity (Wildman–Crippen MR) is 110 cm³/mol. The van der Waals surface area contributed by atoms with E-state index in [1.807, 2.05) is 36.4 Å². The van der Waals surface area contributed by atoms with Crippen molar-refractivity contribution in [2.75, 3.05) is 13.1 Å². The molecule has 1 aliphatic rings. The quantitative estimate of drug-likeness (QED) is 0.797. The number of likely N-dealkylation sites (tertiary alicyclic amines) is 1. The lowest BCUT2D eigenvalue weighted by atomic mass is 9.80. The van der Waals surface area contributed by atoms with Crippen molar-refractivity contribution in [1.82, 2.24) is 4.90 Å².